The van der Waals surface area contributed by atoms with E-state index in [0.717, 1.165) is 0 Å². The predicted octanol–water partition coefficient (Wildman–Crippen LogP) is 1.47. The number of hydrogen-bond donors (Lipinski definition) is 1. The second-order valence-corrected chi connectivity index (χ2v) is 4.52. The number of carbonyl (C=O) groups excluding carboxylic acids is 1. The summed E-state index contributed by atoms with van der Waals surface area (Å²) in [4.78, 5) is 22.9. The van der Waals surface area contributed by atoms with Crippen molar-refractivity contribution >= 4 is 11.6 Å². The molecule has 0 spiro atoms. The van der Waals surface area contributed by atoms with Crippen LogP contribution in [0.2, 0.25) is 0 Å². The summed E-state index contributed by atoms with van der Waals surface area (Å²) < 4.78 is 27.2. The van der Waals surface area contributed by atoms with E-state index >= 15 is 0 Å². The van der Waals surface area contributed by atoms with E-state index in [0.29, 0.717) is 31.5 Å². The Morgan fingerprint density at radius 1 is 1.50 bits per heavy atom. The van der Waals surface area contributed by atoms with Crippen molar-refractivity contribution in [2.45, 2.75) is 18.9 Å². The SMILES string of the molecule is O=C(c1cc(F)cc([N+](=O)[O-])c1F)N1CCC[C@H]1CO. The number of nitro groups is 1. The number of benzene rings is 1. The third-order valence-corrected chi connectivity index (χ3v) is 3.29. The Hall–Kier alpha value is -2.09. The van der Waals surface area contributed by atoms with Crippen LogP contribution < -0.4 is 0 Å². The van der Waals surface area contributed by atoms with Gasteiger partial charge in [0.05, 0.1) is 29.2 Å². The molecule has 1 aliphatic heterocycles. The molecular formula is C12H12F2N2O4. The first kappa shape index (κ1) is 14.3. The third kappa shape index (κ3) is 2.46. The number of nitrogens with zero attached hydrogens (tertiary/aromatic N) is 2. The quantitative estimate of drug-likeness (QED) is 0.673. The van der Waals surface area contributed by atoms with Crippen LogP contribution in [0.4, 0.5) is 14.5 Å². The van der Waals surface area contributed by atoms with E-state index in [4.69, 9.17) is 5.11 Å². The Bertz CT molecular complexity index is 565. The molecule has 1 aliphatic rings. The molecule has 1 N–H and O–H groups in total. The molecule has 20 heavy (non-hydrogen) atoms. The van der Waals surface area contributed by atoms with Crippen LogP contribution in [0.1, 0.15) is 23.2 Å². The van der Waals surface area contributed by atoms with E-state index in [2.05, 4.69) is 0 Å². The molecule has 0 radical (unpaired) electrons. The molecule has 0 unspecified atom stereocenters. The van der Waals surface area contributed by atoms with Gasteiger partial charge in [0.25, 0.3) is 5.91 Å². The van der Waals surface area contributed by atoms with Gasteiger partial charge in [0, 0.05) is 6.54 Å². The van der Waals surface area contributed by atoms with Gasteiger partial charge in [0.1, 0.15) is 5.82 Å². The van der Waals surface area contributed by atoms with Gasteiger partial charge in [-0.2, -0.15) is 4.39 Å². The predicted molar refractivity (Wildman–Crippen MR) is 64.2 cm³/mol. The van der Waals surface area contributed by atoms with Crippen molar-refractivity contribution in [1.82, 2.24) is 4.90 Å². The van der Waals surface area contributed by atoms with Crippen LogP contribution in [0.3, 0.4) is 0 Å². The lowest BCUT2D eigenvalue weighted by Gasteiger charge is -2.23. The Morgan fingerprint density at radius 3 is 2.80 bits per heavy atom. The van der Waals surface area contributed by atoms with Gasteiger partial charge in [-0.15, -0.1) is 0 Å². The largest absolute Gasteiger partial charge is 0.394 e. The van der Waals surface area contributed by atoms with Gasteiger partial charge in [0.15, 0.2) is 0 Å². The molecule has 1 amide bonds. The van der Waals surface area contributed by atoms with Crippen molar-refractivity contribution in [3.8, 4) is 0 Å². The molecule has 108 valence electrons. The van der Waals surface area contributed by atoms with Crippen LogP contribution in [0.5, 0.6) is 0 Å². The maximum absolute atomic E-state index is 13.9. The minimum atomic E-state index is -1.36. The number of aliphatic hydroxyl groups is 1. The molecule has 6 nitrogen and oxygen atoms in total. The van der Waals surface area contributed by atoms with Crippen LogP contribution in [0, 0.1) is 21.7 Å². The number of halogens is 2. The molecule has 1 saturated heterocycles. The summed E-state index contributed by atoms with van der Waals surface area (Å²) in [5.41, 5.74) is -1.76. The maximum atomic E-state index is 13.9. The van der Waals surface area contributed by atoms with Crippen molar-refractivity contribution in [2.75, 3.05) is 13.2 Å². The summed E-state index contributed by atoms with van der Waals surface area (Å²) in [5.74, 6) is -3.26. The van der Waals surface area contributed by atoms with Crippen molar-refractivity contribution < 1.29 is 23.6 Å². The zero-order chi connectivity index (χ0) is 14.9. The Labute approximate surface area is 112 Å². The maximum Gasteiger partial charge on any atom is 0.308 e. The molecular weight excluding hydrogens is 274 g/mol. The highest BCUT2D eigenvalue weighted by Crippen LogP contribution is 2.26. The van der Waals surface area contributed by atoms with Crippen molar-refractivity contribution in [2.24, 2.45) is 0 Å². The number of amides is 1. The summed E-state index contributed by atoms with van der Waals surface area (Å²) in [5, 5.41) is 19.8. The fourth-order valence-corrected chi connectivity index (χ4v) is 2.31. The minimum Gasteiger partial charge on any atom is -0.394 e. The second-order valence-electron chi connectivity index (χ2n) is 4.52. The molecule has 1 heterocycles. The summed E-state index contributed by atoms with van der Waals surface area (Å²) >= 11 is 0. The molecule has 8 heteroatoms. The highest BCUT2D eigenvalue weighted by Gasteiger charge is 2.33. The van der Waals surface area contributed by atoms with E-state index in [9.17, 15) is 23.7 Å². The van der Waals surface area contributed by atoms with Crippen LogP contribution in [-0.4, -0.2) is 40.0 Å². The summed E-state index contributed by atoms with van der Waals surface area (Å²) in [6.45, 7) is 0.0125. The topological polar surface area (TPSA) is 83.7 Å². The number of nitro benzene ring substituents is 1. The van der Waals surface area contributed by atoms with Crippen LogP contribution in [0.25, 0.3) is 0 Å². The summed E-state index contributed by atoms with van der Waals surface area (Å²) in [6, 6.07) is 0.598. The van der Waals surface area contributed by atoms with Crippen molar-refractivity contribution in [1.29, 1.82) is 0 Å². The number of hydrogen-bond acceptors (Lipinski definition) is 4. The Balaban J connectivity index is 2.42. The normalized spacial score (nSPS) is 18.4. The molecule has 2 rings (SSSR count). The Kier molecular flexibility index (Phi) is 3.93. The summed E-state index contributed by atoms with van der Waals surface area (Å²) in [6.07, 6.45) is 1.19. The zero-order valence-electron chi connectivity index (χ0n) is 10.4. The van der Waals surface area contributed by atoms with Gasteiger partial charge in [0.2, 0.25) is 5.82 Å². The van der Waals surface area contributed by atoms with E-state index in [1.54, 1.807) is 0 Å². The Morgan fingerprint density at radius 2 is 2.20 bits per heavy atom. The average Bonchev–Trinajstić information content (AvgIpc) is 2.88. The first-order valence-electron chi connectivity index (χ1n) is 6.01. The van der Waals surface area contributed by atoms with Crippen molar-refractivity contribution in [3.05, 3.63) is 39.4 Å². The summed E-state index contributed by atoms with van der Waals surface area (Å²) in [7, 11) is 0. The molecule has 0 aromatic heterocycles. The molecule has 1 fully saturated rings. The van der Waals surface area contributed by atoms with Crippen LogP contribution >= 0.6 is 0 Å². The van der Waals surface area contributed by atoms with Gasteiger partial charge >= 0.3 is 5.69 Å². The fourth-order valence-electron chi connectivity index (χ4n) is 2.31. The lowest BCUT2D eigenvalue weighted by atomic mass is 10.1. The number of likely N-dealkylation sites (tertiary alicyclic amines) is 1. The lowest BCUT2D eigenvalue weighted by molar-refractivity contribution is -0.387. The van der Waals surface area contributed by atoms with Gasteiger partial charge in [-0.1, -0.05) is 0 Å². The number of aliphatic hydroxyl groups excluding tert-OH is 1. The fraction of sp³-hybridized carbons (Fsp3) is 0.417. The lowest BCUT2D eigenvalue weighted by Crippen LogP contribution is -2.38. The molecule has 0 saturated carbocycles. The molecule has 0 aliphatic carbocycles. The van der Waals surface area contributed by atoms with Gasteiger partial charge in [-0.3, -0.25) is 14.9 Å². The monoisotopic (exact) mass is 286 g/mol. The van der Waals surface area contributed by atoms with Gasteiger partial charge < -0.3 is 10.0 Å². The van der Waals surface area contributed by atoms with Crippen LogP contribution in [0.15, 0.2) is 12.1 Å². The zero-order valence-corrected chi connectivity index (χ0v) is 10.4. The number of rotatable bonds is 3. The number of carbonyl (C=O) groups is 1. The standard InChI is InChI=1S/C12H12F2N2O4/c13-7-4-9(11(14)10(5-7)16(19)20)12(18)15-3-1-2-8(15)6-17/h4-5,8,17H,1-3,6H2/t8-/m0/s1. The van der Waals surface area contributed by atoms with Crippen molar-refractivity contribution in [3.63, 3.8) is 0 Å². The van der Waals surface area contributed by atoms with E-state index < -0.39 is 39.8 Å². The molecule has 1 aromatic rings. The molecule has 1 aromatic carbocycles. The highest BCUT2D eigenvalue weighted by molar-refractivity contribution is 5.95. The minimum absolute atomic E-state index is 0.287. The van der Waals surface area contributed by atoms with E-state index in [1.807, 2.05) is 0 Å². The average molecular weight is 286 g/mol. The molecule has 1 atom stereocenters. The van der Waals surface area contributed by atoms with Crippen LogP contribution in [-0.2, 0) is 0 Å². The first-order chi connectivity index (χ1) is 9.45. The van der Waals surface area contributed by atoms with Gasteiger partial charge in [-0.25, -0.2) is 4.39 Å². The third-order valence-electron chi connectivity index (χ3n) is 3.29. The molecule has 0 bridgehead atoms. The van der Waals surface area contributed by atoms with Gasteiger partial charge in [-0.05, 0) is 18.9 Å². The first-order valence-corrected chi connectivity index (χ1v) is 6.01. The van der Waals surface area contributed by atoms with E-state index in [1.165, 1.54) is 4.90 Å². The highest BCUT2D eigenvalue weighted by atomic mass is 19.1. The van der Waals surface area contributed by atoms with E-state index in [-0.39, 0.29) is 6.61 Å². The second kappa shape index (κ2) is 5.49. The smallest absolute Gasteiger partial charge is 0.308 e.